The fraction of sp³-hybridized carbons (Fsp3) is 0.562. The van der Waals surface area contributed by atoms with Crippen molar-refractivity contribution in [2.24, 2.45) is 4.99 Å². The highest BCUT2D eigenvalue weighted by Gasteiger charge is 2.11. The molecule has 1 rings (SSSR count). The average Bonchev–Trinajstić information content (AvgIpc) is 2.46. The van der Waals surface area contributed by atoms with E-state index in [2.05, 4.69) is 29.5 Å². The fourth-order valence-corrected chi connectivity index (χ4v) is 2.20. The molecule has 0 saturated carbocycles. The molecule has 0 saturated heterocycles. The first kappa shape index (κ1) is 22.1. The number of hydrogen-bond acceptors (Lipinski definition) is 3. The van der Waals surface area contributed by atoms with E-state index in [0.717, 1.165) is 18.1 Å². The highest BCUT2D eigenvalue weighted by Crippen LogP contribution is 2.36. The molecule has 0 amide bonds. The largest absolute Gasteiger partial charge is 0.493 e. The van der Waals surface area contributed by atoms with Crippen LogP contribution in [-0.2, 0) is 6.54 Å². The first-order chi connectivity index (χ1) is 10.5. The van der Waals surface area contributed by atoms with Crippen molar-refractivity contribution in [3.63, 3.8) is 0 Å². The third-order valence-corrected chi connectivity index (χ3v) is 3.05. The minimum Gasteiger partial charge on any atom is -0.493 e. The van der Waals surface area contributed by atoms with Crippen LogP contribution in [0.2, 0.25) is 5.02 Å². The van der Waals surface area contributed by atoms with Gasteiger partial charge in [0.15, 0.2) is 17.5 Å². The van der Waals surface area contributed by atoms with Gasteiger partial charge in [-0.2, -0.15) is 0 Å². The Morgan fingerprint density at radius 3 is 2.52 bits per heavy atom. The average molecular weight is 456 g/mol. The summed E-state index contributed by atoms with van der Waals surface area (Å²) in [6.45, 7) is 9.95. The topological polar surface area (TPSA) is 54.9 Å². The summed E-state index contributed by atoms with van der Waals surface area (Å²) in [4.78, 5) is 4.56. The molecule has 0 aliphatic carbocycles. The van der Waals surface area contributed by atoms with Gasteiger partial charge in [-0.15, -0.1) is 24.0 Å². The second kappa shape index (κ2) is 11.6. The van der Waals surface area contributed by atoms with Gasteiger partial charge in [0.2, 0.25) is 0 Å². The molecule has 0 heterocycles. The van der Waals surface area contributed by atoms with Crippen molar-refractivity contribution < 1.29 is 9.47 Å². The third-order valence-electron chi connectivity index (χ3n) is 2.77. The molecule has 0 aliphatic heterocycles. The number of methoxy groups -OCH3 is 1. The van der Waals surface area contributed by atoms with E-state index in [1.54, 1.807) is 7.11 Å². The van der Waals surface area contributed by atoms with Gasteiger partial charge in [0, 0.05) is 12.6 Å². The van der Waals surface area contributed by atoms with Crippen LogP contribution >= 0.6 is 35.6 Å². The number of nitrogens with zero attached hydrogens (tertiary/aromatic N) is 1. The summed E-state index contributed by atoms with van der Waals surface area (Å²) >= 11 is 6.27. The second-order valence-electron chi connectivity index (χ2n) is 5.04. The molecule has 1 aromatic carbocycles. The van der Waals surface area contributed by atoms with Crippen LogP contribution in [0.25, 0.3) is 0 Å². The van der Waals surface area contributed by atoms with Crippen LogP contribution in [0.3, 0.4) is 0 Å². The number of benzene rings is 1. The number of guanidine groups is 1. The maximum atomic E-state index is 6.27. The van der Waals surface area contributed by atoms with Crippen LogP contribution < -0.4 is 20.1 Å². The zero-order valence-corrected chi connectivity index (χ0v) is 17.5. The number of rotatable bonds is 7. The van der Waals surface area contributed by atoms with Crippen molar-refractivity contribution in [3.8, 4) is 11.5 Å². The lowest BCUT2D eigenvalue weighted by Gasteiger charge is -2.15. The van der Waals surface area contributed by atoms with E-state index < -0.39 is 0 Å². The first-order valence-electron chi connectivity index (χ1n) is 7.55. The molecule has 0 aliphatic rings. The van der Waals surface area contributed by atoms with E-state index in [1.165, 1.54) is 0 Å². The maximum Gasteiger partial charge on any atom is 0.191 e. The Hall–Kier alpha value is -0.890. The standard InChI is InChI=1S/C16H26ClN3O2.HI/c1-6-18-16(20-11(3)4)19-10-12-8-13(17)15(22-7-2)14(9-12)21-5;/h8-9,11H,6-7,10H2,1-5H3,(H2,18,19,20);1H. The minimum absolute atomic E-state index is 0. The number of ether oxygens (including phenoxy) is 2. The summed E-state index contributed by atoms with van der Waals surface area (Å²) in [5, 5.41) is 7.02. The van der Waals surface area contributed by atoms with Crippen LogP contribution in [-0.4, -0.2) is 32.3 Å². The molecule has 0 aromatic heterocycles. The Bertz CT molecular complexity index is 510. The van der Waals surface area contributed by atoms with E-state index >= 15 is 0 Å². The molecule has 1 aromatic rings. The van der Waals surface area contributed by atoms with Crippen LogP contribution in [0, 0.1) is 0 Å². The van der Waals surface area contributed by atoms with Crippen molar-refractivity contribution in [2.45, 2.75) is 40.3 Å². The number of aliphatic imine (C=N–C) groups is 1. The van der Waals surface area contributed by atoms with Gasteiger partial charge in [-0.1, -0.05) is 11.6 Å². The van der Waals surface area contributed by atoms with E-state index in [-0.39, 0.29) is 24.0 Å². The molecule has 0 radical (unpaired) electrons. The van der Waals surface area contributed by atoms with Gasteiger partial charge >= 0.3 is 0 Å². The van der Waals surface area contributed by atoms with Crippen molar-refractivity contribution in [1.82, 2.24) is 10.6 Å². The van der Waals surface area contributed by atoms with Gasteiger partial charge in [-0.25, -0.2) is 4.99 Å². The molecule has 0 atom stereocenters. The number of nitrogens with one attached hydrogen (secondary N) is 2. The lowest BCUT2D eigenvalue weighted by molar-refractivity contribution is 0.311. The molecular weight excluding hydrogens is 429 g/mol. The first-order valence-corrected chi connectivity index (χ1v) is 7.93. The van der Waals surface area contributed by atoms with E-state index in [0.29, 0.717) is 35.7 Å². The molecular formula is C16H27ClIN3O2. The fourth-order valence-electron chi connectivity index (χ4n) is 1.91. The van der Waals surface area contributed by atoms with Crippen LogP contribution in [0.15, 0.2) is 17.1 Å². The molecule has 0 bridgehead atoms. The Balaban J connectivity index is 0.00000484. The second-order valence-corrected chi connectivity index (χ2v) is 5.44. The summed E-state index contributed by atoms with van der Waals surface area (Å²) < 4.78 is 10.9. The van der Waals surface area contributed by atoms with Crippen LogP contribution in [0.4, 0.5) is 0 Å². The molecule has 23 heavy (non-hydrogen) atoms. The van der Waals surface area contributed by atoms with Crippen molar-refractivity contribution in [3.05, 3.63) is 22.7 Å². The highest BCUT2D eigenvalue weighted by atomic mass is 127. The molecule has 0 fully saturated rings. The van der Waals surface area contributed by atoms with Gasteiger partial charge in [-0.3, -0.25) is 0 Å². The molecule has 5 nitrogen and oxygen atoms in total. The van der Waals surface area contributed by atoms with Gasteiger partial charge in [0.25, 0.3) is 0 Å². The normalized spacial score (nSPS) is 11.0. The van der Waals surface area contributed by atoms with Crippen molar-refractivity contribution >= 4 is 41.5 Å². The molecule has 2 N–H and O–H groups in total. The third kappa shape index (κ3) is 7.48. The highest BCUT2D eigenvalue weighted by molar-refractivity contribution is 14.0. The predicted molar refractivity (Wildman–Crippen MR) is 108 cm³/mol. The Morgan fingerprint density at radius 2 is 2.00 bits per heavy atom. The zero-order valence-electron chi connectivity index (χ0n) is 14.4. The number of hydrogen-bond donors (Lipinski definition) is 2. The van der Waals surface area contributed by atoms with Gasteiger partial charge in [-0.05, 0) is 45.4 Å². The zero-order chi connectivity index (χ0) is 16.5. The Kier molecular flexibility index (Phi) is 11.2. The van der Waals surface area contributed by atoms with Crippen LogP contribution in [0.5, 0.6) is 11.5 Å². The predicted octanol–water partition coefficient (Wildman–Crippen LogP) is 3.83. The van der Waals surface area contributed by atoms with Crippen molar-refractivity contribution in [2.75, 3.05) is 20.3 Å². The van der Waals surface area contributed by atoms with Gasteiger partial charge in [0.05, 0.1) is 25.3 Å². The molecule has 0 spiro atoms. The summed E-state index contributed by atoms with van der Waals surface area (Å²) in [7, 11) is 1.60. The van der Waals surface area contributed by atoms with Gasteiger partial charge in [0.1, 0.15) is 0 Å². The maximum absolute atomic E-state index is 6.27. The minimum atomic E-state index is 0. The monoisotopic (exact) mass is 455 g/mol. The Morgan fingerprint density at radius 1 is 1.30 bits per heavy atom. The van der Waals surface area contributed by atoms with E-state index in [1.807, 2.05) is 26.0 Å². The summed E-state index contributed by atoms with van der Waals surface area (Å²) in [5.41, 5.74) is 0.964. The lowest BCUT2D eigenvalue weighted by Crippen LogP contribution is -2.40. The van der Waals surface area contributed by atoms with E-state index in [4.69, 9.17) is 21.1 Å². The smallest absolute Gasteiger partial charge is 0.191 e. The number of halogens is 2. The molecule has 132 valence electrons. The summed E-state index contributed by atoms with van der Waals surface area (Å²) in [6, 6.07) is 4.08. The molecule has 7 heteroatoms. The quantitative estimate of drug-likeness (QED) is 0.373. The Labute approximate surface area is 161 Å². The SMILES string of the molecule is CCNC(=NCc1cc(Cl)c(OCC)c(OC)c1)NC(C)C.I. The molecule has 0 unspecified atom stereocenters. The van der Waals surface area contributed by atoms with Crippen molar-refractivity contribution in [1.29, 1.82) is 0 Å². The van der Waals surface area contributed by atoms with E-state index in [9.17, 15) is 0 Å². The van der Waals surface area contributed by atoms with Crippen LogP contribution in [0.1, 0.15) is 33.3 Å². The summed E-state index contributed by atoms with van der Waals surface area (Å²) in [5.74, 6) is 1.98. The van der Waals surface area contributed by atoms with Gasteiger partial charge < -0.3 is 20.1 Å². The lowest BCUT2D eigenvalue weighted by atomic mass is 10.2. The summed E-state index contributed by atoms with van der Waals surface area (Å²) in [6.07, 6.45) is 0.